The Morgan fingerprint density at radius 1 is 1.11 bits per heavy atom. The maximum atomic E-state index is 12.7. The first-order valence-corrected chi connectivity index (χ1v) is 12.6. The third kappa shape index (κ3) is 6.29. The van der Waals surface area contributed by atoms with Crippen molar-refractivity contribution in [2.45, 2.75) is 11.6 Å². The van der Waals surface area contributed by atoms with Crippen LogP contribution < -0.4 is 19.5 Å². The van der Waals surface area contributed by atoms with Crippen molar-refractivity contribution in [1.82, 2.24) is 10.3 Å². The summed E-state index contributed by atoms with van der Waals surface area (Å²) in [5.41, 5.74) is 3.15. The van der Waals surface area contributed by atoms with Crippen LogP contribution in [0.3, 0.4) is 0 Å². The lowest BCUT2D eigenvalue weighted by Gasteiger charge is -2.15. The van der Waals surface area contributed by atoms with Crippen molar-refractivity contribution in [3.8, 4) is 40.0 Å². The van der Waals surface area contributed by atoms with Gasteiger partial charge in [0.25, 0.3) is 6.20 Å². The minimum Gasteiger partial charge on any atom is -0.497 e. The molecule has 0 fully saturated rings. The summed E-state index contributed by atoms with van der Waals surface area (Å²) in [7, 11) is 4.73. The van der Waals surface area contributed by atoms with E-state index in [1.54, 1.807) is 39.7 Å². The van der Waals surface area contributed by atoms with E-state index in [1.807, 2.05) is 42.5 Å². The summed E-state index contributed by atoms with van der Waals surface area (Å²) in [5.74, 6) is 1.06. The first-order valence-electron chi connectivity index (χ1n) is 11.6. The Bertz CT molecular complexity index is 1450. The van der Waals surface area contributed by atoms with Gasteiger partial charge in [-0.1, -0.05) is 42.1 Å². The minimum absolute atomic E-state index is 0.00657. The molecule has 0 radical (unpaired) electrons. The second-order valence-corrected chi connectivity index (χ2v) is 8.90. The number of carbonyl (C=O) groups is 1. The predicted octanol–water partition coefficient (Wildman–Crippen LogP) is 3.96. The van der Waals surface area contributed by atoms with Crippen molar-refractivity contribution in [2.24, 2.45) is 0 Å². The predicted molar refractivity (Wildman–Crippen MR) is 141 cm³/mol. The number of thioether (sulfide) groups is 1. The number of amides is 1. The van der Waals surface area contributed by atoms with E-state index in [9.17, 15) is 10.1 Å². The molecule has 194 valence electrons. The number of nitrogens with zero attached hydrogens (tertiary/aromatic N) is 4. The standard InChI is InChI=1S/C27H25N5O5S/c1-34-12-11-32-16-26(37-31-32)30-25(33)17-38-27-22(15-28)20(14-23(29-27)18-7-5-4-6-8-18)21-13-19(35-2)9-10-24(21)36-3/h4-10,13-14,16H,11-12,17H2,1-3H3/p+1. The smallest absolute Gasteiger partial charge is 0.302 e. The van der Waals surface area contributed by atoms with Gasteiger partial charge in [0.15, 0.2) is 0 Å². The Labute approximate surface area is 224 Å². The second kappa shape index (κ2) is 12.7. The molecule has 1 amide bonds. The highest BCUT2D eigenvalue weighted by atomic mass is 32.2. The van der Waals surface area contributed by atoms with Crippen LogP contribution in [0.2, 0.25) is 0 Å². The van der Waals surface area contributed by atoms with Gasteiger partial charge in [0.1, 0.15) is 29.2 Å². The van der Waals surface area contributed by atoms with Crippen LogP contribution in [0, 0.1) is 11.3 Å². The Balaban J connectivity index is 1.68. The lowest BCUT2D eigenvalue weighted by Crippen LogP contribution is -2.36. The van der Waals surface area contributed by atoms with Gasteiger partial charge in [0.05, 0.1) is 31.2 Å². The van der Waals surface area contributed by atoms with Crippen molar-refractivity contribution >= 4 is 23.6 Å². The SMILES string of the molecule is COCC[n+]1cc(NC(=O)CSc2nc(-c3ccccc3)cc(-c3cc(OC)ccc3OC)c2C#N)on1. The lowest BCUT2D eigenvalue weighted by atomic mass is 9.98. The van der Waals surface area contributed by atoms with E-state index < -0.39 is 0 Å². The van der Waals surface area contributed by atoms with E-state index in [2.05, 4.69) is 16.7 Å². The van der Waals surface area contributed by atoms with Crippen molar-refractivity contribution in [2.75, 3.05) is 39.0 Å². The molecule has 0 bridgehead atoms. The summed E-state index contributed by atoms with van der Waals surface area (Å²) in [6.45, 7) is 0.948. The van der Waals surface area contributed by atoms with Crippen LogP contribution in [0.15, 0.2) is 70.3 Å². The van der Waals surface area contributed by atoms with Gasteiger partial charge in [-0.15, -0.1) is 0 Å². The van der Waals surface area contributed by atoms with Crippen molar-refractivity contribution in [3.63, 3.8) is 0 Å². The molecular weight excluding hydrogens is 506 g/mol. The van der Waals surface area contributed by atoms with Gasteiger partial charge in [0.2, 0.25) is 17.7 Å². The molecule has 1 N–H and O–H groups in total. The highest BCUT2D eigenvalue weighted by Gasteiger charge is 2.21. The zero-order chi connectivity index (χ0) is 26.9. The third-order valence-corrected chi connectivity index (χ3v) is 6.48. The molecule has 4 rings (SSSR count). The van der Waals surface area contributed by atoms with Gasteiger partial charge in [0, 0.05) is 23.8 Å². The molecule has 2 heterocycles. The monoisotopic (exact) mass is 532 g/mol. The van der Waals surface area contributed by atoms with Gasteiger partial charge >= 0.3 is 5.88 Å². The van der Waals surface area contributed by atoms with Crippen LogP contribution in [-0.4, -0.2) is 49.9 Å². The van der Waals surface area contributed by atoms with Gasteiger partial charge in [-0.05, 0) is 28.9 Å². The van der Waals surface area contributed by atoms with E-state index in [-0.39, 0.29) is 17.5 Å². The number of hydrogen-bond acceptors (Lipinski definition) is 9. The maximum Gasteiger partial charge on any atom is 0.302 e. The van der Waals surface area contributed by atoms with Crippen LogP contribution in [0.1, 0.15) is 5.56 Å². The molecule has 4 aromatic rings. The quantitative estimate of drug-likeness (QED) is 0.226. The van der Waals surface area contributed by atoms with Crippen LogP contribution in [0.25, 0.3) is 22.4 Å². The third-order valence-electron chi connectivity index (χ3n) is 5.50. The van der Waals surface area contributed by atoms with Gasteiger partial charge < -0.3 is 14.2 Å². The number of nitriles is 1. The number of aromatic nitrogens is 3. The molecule has 11 heteroatoms. The minimum atomic E-state index is -0.332. The van der Waals surface area contributed by atoms with E-state index in [1.165, 1.54) is 4.68 Å². The number of rotatable bonds is 11. The second-order valence-electron chi connectivity index (χ2n) is 7.94. The Kier molecular flexibility index (Phi) is 8.92. The van der Waals surface area contributed by atoms with Crippen LogP contribution in [0.5, 0.6) is 11.5 Å². The zero-order valence-electron chi connectivity index (χ0n) is 21.1. The first-order chi connectivity index (χ1) is 18.6. The summed E-state index contributed by atoms with van der Waals surface area (Å²) in [5, 5.41) is 17.1. The molecule has 0 saturated heterocycles. The Morgan fingerprint density at radius 2 is 1.92 bits per heavy atom. The molecular formula is C27H26N5O5S+. The van der Waals surface area contributed by atoms with Gasteiger partial charge in [-0.3, -0.25) is 14.6 Å². The number of carbonyl (C=O) groups excluding carboxylic acids is 1. The summed E-state index contributed by atoms with van der Waals surface area (Å²) < 4.78 is 22.7. The van der Waals surface area contributed by atoms with E-state index >= 15 is 0 Å². The van der Waals surface area contributed by atoms with Crippen molar-refractivity contribution < 1.29 is 28.2 Å². The maximum absolute atomic E-state index is 12.7. The fraction of sp³-hybridized carbons (Fsp3) is 0.222. The van der Waals surface area contributed by atoms with Crippen LogP contribution in [0.4, 0.5) is 5.88 Å². The molecule has 0 saturated carbocycles. The van der Waals surface area contributed by atoms with E-state index in [4.69, 9.17) is 23.7 Å². The molecule has 2 aromatic heterocycles. The topological polar surface area (TPSA) is 123 Å². The van der Waals surface area contributed by atoms with Crippen LogP contribution in [-0.2, 0) is 16.1 Å². The van der Waals surface area contributed by atoms with Gasteiger partial charge in [-0.2, -0.15) is 5.26 Å². The number of ether oxygens (including phenoxy) is 3. The first kappa shape index (κ1) is 26.7. The molecule has 38 heavy (non-hydrogen) atoms. The molecule has 0 aliphatic carbocycles. The number of methoxy groups -OCH3 is 3. The molecule has 0 aliphatic heterocycles. The number of hydrogen-bond donors (Lipinski definition) is 1. The number of pyridine rings is 1. The average Bonchev–Trinajstić information content (AvgIpc) is 3.41. The molecule has 0 aliphatic rings. The van der Waals surface area contributed by atoms with Gasteiger partial charge in [-0.25, -0.2) is 4.98 Å². The van der Waals surface area contributed by atoms with Crippen molar-refractivity contribution in [3.05, 3.63) is 66.4 Å². The largest absolute Gasteiger partial charge is 0.497 e. The van der Waals surface area contributed by atoms with E-state index in [0.29, 0.717) is 52.1 Å². The molecule has 0 unspecified atom stereocenters. The summed E-state index contributed by atoms with van der Waals surface area (Å²) in [6.07, 6.45) is 1.57. The van der Waals surface area contributed by atoms with Crippen LogP contribution >= 0.6 is 11.8 Å². The fourth-order valence-electron chi connectivity index (χ4n) is 3.66. The molecule has 0 atom stereocenters. The highest BCUT2D eigenvalue weighted by Crippen LogP contribution is 2.39. The summed E-state index contributed by atoms with van der Waals surface area (Å²) in [4.78, 5) is 17.5. The normalized spacial score (nSPS) is 10.6. The Morgan fingerprint density at radius 3 is 2.63 bits per heavy atom. The number of benzene rings is 2. The van der Waals surface area contributed by atoms with Crippen molar-refractivity contribution in [1.29, 1.82) is 5.26 Å². The summed E-state index contributed by atoms with van der Waals surface area (Å²) in [6, 6.07) is 19.1. The highest BCUT2D eigenvalue weighted by molar-refractivity contribution is 8.00. The summed E-state index contributed by atoms with van der Waals surface area (Å²) >= 11 is 1.15. The fourth-order valence-corrected chi connectivity index (χ4v) is 4.46. The average molecular weight is 533 g/mol. The molecule has 0 spiro atoms. The zero-order valence-corrected chi connectivity index (χ0v) is 21.9. The lowest BCUT2D eigenvalue weighted by molar-refractivity contribution is -0.763. The Hall–Kier alpha value is -4.40. The number of anilines is 1. The molecule has 10 nitrogen and oxygen atoms in total. The number of nitrogens with one attached hydrogen (secondary N) is 1. The van der Waals surface area contributed by atoms with E-state index in [0.717, 1.165) is 17.3 Å². The molecule has 2 aromatic carbocycles.